The van der Waals surface area contributed by atoms with E-state index in [0.29, 0.717) is 11.5 Å². The van der Waals surface area contributed by atoms with E-state index in [-0.39, 0.29) is 10.8 Å². The molecule has 2 rings (SSSR count). The summed E-state index contributed by atoms with van der Waals surface area (Å²) in [6.07, 6.45) is 0. The van der Waals surface area contributed by atoms with Gasteiger partial charge in [-0.25, -0.2) is 0 Å². The maximum atomic E-state index is 10.5. The van der Waals surface area contributed by atoms with Crippen molar-refractivity contribution in [2.75, 3.05) is 0 Å². The molecule has 24 heavy (non-hydrogen) atoms. The first-order valence-corrected chi connectivity index (χ1v) is 8.51. The van der Waals surface area contributed by atoms with E-state index in [0.717, 1.165) is 22.3 Å². The lowest BCUT2D eigenvalue weighted by molar-refractivity contribution is 0.441. The van der Waals surface area contributed by atoms with Crippen LogP contribution in [-0.4, -0.2) is 10.2 Å². The smallest absolute Gasteiger partial charge is 0.122 e. The second-order valence-electron chi connectivity index (χ2n) is 8.52. The molecule has 0 spiro atoms. The van der Waals surface area contributed by atoms with E-state index in [1.54, 1.807) is 0 Å². The van der Waals surface area contributed by atoms with Crippen LogP contribution in [0.1, 0.15) is 68.0 Å². The largest absolute Gasteiger partial charge is 0.507 e. The third-order valence-electron chi connectivity index (χ3n) is 5.04. The van der Waals surface area contributed by atoms with Gasteiger partial charge in [0.2, 0.25) is 0 Å². The van der Waals surface area contributed by atoms with Crippen molar-refractivity contribution in [3.8, 4) is 11.5 Å². The van der Waals surface area contributed by atoms with Crippen LogP contribution in [0.15, 0.2) is 24.3 Å². The normalized spacial score (nSPS) is 12.5. The Balaban J connectivity index is 2.68. The molecule has 2 nitrogen and oxygen atoms in total. The van der Waals surface area contributed by atoms with Gasteiger partial charge in [-0.1, -0.05) is 58.9 Å². The van der Waals surface area contributed by atoms with Gasteiger partial charge in [0.1, 0.15) is 11.5 Å². The van der Waals surface area contributed by atoms with Gasteiger partial charge in [0.15, 0.2) is 0 Å². The molecule has 0 amide bonds. The molecule has 2 aromatic rings. The Morgan fingerprint density at radius 1 is 0.625 bits per heavy atom. The zero-order chi connectivity index (χ0) is 18.4. The van der Waals surface area contributed by atoms with Gasteiger partial charge in [0, 0.05) is 5.41 Å². The number of hydrogen-bond acceptors (Lipinski definition) is 2. The number of rotatable bonds is 2. The fourth-order valence-electron chi connectivity index (χ4n) is 3.20. The minimum absolute atomic E-state index is 0.123. The molecule has 0 bridgehead atoms. The van der Waals surface area contributed by atoms with Gasteiger partial charge in [-0.05, 0) is 59.6 Å². The first-order valence-electron chi connectivity index (χ1n) is 8.51. The van der Waals surface area contributed by atoms with Crippen LogP contribution in [0.3, 0.4) is 0 Å². The average Bonchev–Trinajstić information content (AvgIpc) is 2.45. The molecule has 0 heterocycles. The van der Waals surface area contributed by atoms with Crippen LogP contribution >= 0.6 is 0 Å². The van der Waals surface area contributed by atoms with Crippen molar-refractivity contribution in [2.45, 2.75) is 66.2 Å². The lowest BCUT2D eigenvalue weighted by Gasteiger charge is -2.31. The molecular formula is C22H30O2. The molecule has 0 unspecified atom stereocenters. The third-order valence-corrected chi connectivity index (χ3v) is 5.04. The van der Waals surface area contributed by atoms with Gasteiger partial charge in [0.25, 0.3) is 0 Å². The Morgan fingerprint density at radius 2 is 1.00 bits per heavy atom. The number of hydrogen-bond donors (Lipinski definition) is 2. The fraction of sp³-hybridized carbons (Fsp3) is 0.455. The SMILES string of the molecule is Cc1cc(C(C)(C)c2cc(C)c(O)c(C(C)(C)C)c2)cc(C)c1O. The maximum absolute atomic E-state index is 10.5. The summed E-state index contributed by atoms with van der Waals surface area (Å²) >= 11 is 0. The van der Waals surface area contributed by atoms with Crippen molar-refractivity contribution < 1.29 is 10.2 Å². The highest BCUT2D eigenvalue weighted by Gasteiger charge is 2.28. The summed E-state index contributed by atoms with van der Waals surface area (Å²) in [7, 11) is 0. The summed E-state index contributed by atoms with van der Waals surface area (Å²) in [4.78, 5) is 0. The van der Waals surface area contributed by atoms with E-state index >= 15 is 0 Å². The summed E-state index contributed by atoms with van der Waals surface area (Å²) < 4.78 is 0. The first-order chi connectivity index (χ1) is 10.9. The Morgan fingerprint density at radius 3 is 1.42 bits per heavy atom. The van der Waals surface area contributed by atoms with Crippen LogP contribution in [0.5, 0.6) is 11.5 Å². The number of phenolic OH excluding ortho intramolecular Hbond substituents is 2. The zero-order valence-electron chi connectivity index (χ0n) is 16.2. The van der Waals surface area contributed by atoms with Crippen LogP contribution in [0.2, 0.25) is 0 Å². The lowest BCUT2D eigenvalue weighted by Crippen LogP contribution is -2.21. The summed E-state index contributed by atoms with van der Waals surface area (Å²) in [5, 5.41) is 20.6. The van der Waals surface area contributed by atoms with Gasteiger partial charge in [-0.15, -0.1) is 0 Å². The number of phenols is 2. The lowest BCUT2D eigenvalue weighted by atomic mass is 9.74. The van der Waals surface area contributed by atoms with Crippen LogP contribution in [0, 0.1) is 20.8 Å². The monoisotopic (exact) mass is 326 g/mol. The molecule has 0 atom stereocenters. The van der Waals surface area contributed by atoms with Crippen molar-refractivity contribution in [1.29, 1.82) is 0 Å². The maximum Gasteiger partial charge on any atom is 0.122 e. The zero-order valence-corrected chi connectivity index (χ0v) is 16.2. The van der Waals surface area contributed by atoms with E-state index in [4.69, 9.17) is 0 Å². The van der Waals surface area contributed by atoms with Gasteiger partial charge >= 0.3 is 0 Å². The van der Waals surface area contributed by atoms with Gasteiger partial charge in [-0.2, -0.15) is 0 Å². The molecule has 0 aromatic heterocycles. The average molecular weight is 326 g/mol. The van der Waals surface area contributed by atoms with Crippen molar-refractivity contribution in [1.82, 2.24) is 0 Å². The highest BCUT2D eigenvalue weighted by molar-refractivity contribution is 5.52. The summed E-state index contributed by atoms with van der Waals surface area (Å²) in [6, 6.07) is 8.31. The van der Waals surface area contributed by atoms with E-state index in [2.05, 4.69) is 58.9 Å². The fourth-order valence-corrected chi connectivity index (χ4v) is 3.20. The Bertz CT molecular complexity index is 754. The third kappa shape index (κ3) is 3.15. The minimum Gasteiger partial charge on any atom is -0.507 e. The van der Waals surface area contributed by atoms with Gasteiger partial charge in [0.05, 0.1) is 0 Å². The standard InChI is InChI=1S/C22H30O2/c1-13-9-16(10-14(2)19(13)23)22(7,8)17-11-15(3)20(24)18(12-17)21(4,5)6/h9-12,23-24H,1-8H3. The molecule has 2 aromatic carbocycles. The van der Waals surface area contributed by atoms with Crippen molar-refractivity contribution in [3.05, 3.63) is 57.6 Å². The van der Waals surface area contributed by atoms with E-state index in [9.17, 15) is 10.2 Å². The number of aryl methyl sites for hydroxylation is 3. The van der Waals surface area contributed by atoms with Gasteiger partial charge < -0.3 is 10.2 Å². The molecule has 2 heteroatoms. The second kappa shape index (κ2) is 5.84. The number of benzene rings is 2. The molecule has 0 aliphatic rings. The minimum atomic E-state index is -0.221. The van der Waals surface area contributed by atoms with Crippen LogP contribution in [-0.2, 0) is 10.8 Å². The van der Waals surface area contributed by atoms with Crippen LogP contribution < -0.4 is 0 Å². The molecule has 0 saturated carbocycles. The van der Waals surface area contributed by atoms with Crippen LogP contribution in [0.25, 0.3) is 0 Å². The second-order valence-corrected chi connectivity index (χ2v) is 8.52. The predicted octanol–water partition coefficient (Wildman–Crippen LogP) is 5.65. The number of aromatic hydroxyl groups is 2. The molecular weight excluding hydrogens is 296 g/mol. The molecule has 0 aliphatic heterocycles. The quantitative estimate of drug-likeness (QED) is 0.749. The van der Waals surface area contributed by atoms with Crippen molar-refractivity contribution >= 4 is 0 Å². The van der Waals surface area contributed by atoms with E-state index in [1.165, 1.54) is 11.1 Å². The van der Waals surface area contributed by atoms with E-state index < -0.39 is 0 Å². The Hall–Kier alpha value is -1.96. The molecule has 0 fully saturated rings. The first kappa shape index (κ1) is 18.4. The Kier molecular flexibility index (Phi) is 4.47. The topological polar surface area (TPSA) is 40.5 Å². The molecule has 2 N–H and O–H groups in total. The van der Waals surface area contributed by atoms with Crippen LogP contribution in [0.4, 0.5) is 0 Å². The summed E-state index contributed by atoms with van der Waals surface area (Å²) in [5.41, 5.74) is 5.65. The van der Waals surface area contributed by atoms with E-state index in [1.807, 2.05) is 20.8 Å². The summed E-state index contributed by atoms with van der Waals surface area (Å²) in [6.45, 7) is 16.6. The Labute approximate surface area is 146 Å². The molecule has 130 valence electrons. The predicted molar refractivity (Wildman–Crippen MR) is 101 cm³/mol. The highest BCUT2D eigenvalue weighted by atomic mass is 16.3. The van der Waals surface area contributed by atoms with Crippen molar-refractivity contribution in [2.24, 2.45) is 0 Å². The molecule has 0 aliphatic carbocycles. The molecule has 0 radical (unpaired) electrons. The van der Waals surface area contributed by atoms with Crippen molar-refractivity contribution in [3.63, 3.8) is 0 Å². The molecule has 0 saturated heterocycles. The van der Waals surface area contributed by atoms with Gasteiger partial charge in [-0.3, -0.25) is 0 Å². The summed E-state index contributed by atoms with van der Waals surface area (Å²) in [5.74, 6) is 0.756. The highest BCUT2D eigenvalue weighted by Crippen LogP contribution is 2.41.